The van der Waals surface area contributed by atoms with Gasteiger partial charge in [-0.1, -0.05) is 0 Å². The Morgan fingerprint density at radius 1 is 1.41 bits per heavy atom. The van der Waals surface area contributed by atoms with Gasteiger partial charge in [-0.15, -0.1) is 0 Å². The Kier molecular flexibility index (Phi) is 4.03. The fourth-order valence-corrected chi connectivity index (χ4v) is 2.11. The molecule has 1 aromatic rings. The smallest absolute Gasteiger partial charge is 0.243 e. The van der Waals surface area contributed by atoms with Gasteiger partial charge in [0, 0.05) is 18.8 Å². The first-order chi connectivity index (χ1) is 8.31. The van der Waals surface area contributed by atoms with E-state index in [1.54, 1.807) is 0 Å². The lowest BCUT2D eigenvalue weighted by Crippen LogP contribution is -2.29. The number of nitrogens with zero attached hydrogens (tertiary/aromatic N) is 2. The standard InChI is InChI=1S/C12H17N3O2/c1-17-12-11(14-6-7-15-12)10(16)8-9-2-4-13-5-3-9/h6-7,9,13H,2-5,8H2,1H3. The van der Waals surface area contributed by atoms with Crippen LogP contribution in [0.4, 0.5) is 0 Å². The predicted molar refractivity (Wildman–Crippen MR) is 63.1 cm³/mol. The first-order valence-corrected chi connectivity index (χ1v) is 5.90. The highest BCUT2D eigenvalue weighted by Crippen LogP contribution is 2.21. The lowest BCUT2D eigenvalue weighted by Gasteiger charge is -2.21. The number of ether oxygens (including phenoxy) is 1. The monoisotopic (exact) mass is 235 g/mol. The van der Waals surface area contributed by atoms with Crippen molar-refractivity contribution < 1.29 is 9.53 Å². The van der Waals surface area contributed by atoms with E-state index in [-0.39, 0.29) is 5.78 Å². The molecule has 2 rings (SSSR count). The number of piperidine rings is 1. The fraction of sp³-hybridized carbons (Fsp3) is 0.583. The van der Waals surface area contributed by atoms with Gasteiger partial charge in [0.2, 0.25) is 5.88 Å². The number of hydrogen-bond acceptors (Lipinski definition) is 5. The number of nitrogens with one attached hydrogen (secondary N) is 1. The number of carbonyl (C=O) groups excluding carboxylic acids is 1. The molecule has 0 bridgehead atoms. The van der Waals surface area contributed by atoms with Crippen LogP contribution in [0.15, 0.2) is 12.4 Å². The van der Waals surface area contributed by atoms with Crippen LogP contribution in [-0.2, 0) is 0 Å². The lowest BCUT2D eigenvalue weighted by molar-refractivity contribution is 0.0943. The molecule has 5 heteroatoms. The molecule has 0 atom stereocenters. The molecule has 2 heterocycles. The van der Waals surface area contributed by atoms with Crippen LogP contribution in [0.1, 0.15) is 29.8 Å². The van der Waals surface area contributed by atoms with Gasteiger partial charge >= 0.3 is 0 Å². The van der Waals surface area contributed by atoms with E-state index in [1.165, 1.54) is 19.5 Å². The van der Waals surface area contributed by atoms with E-state index >= 15 is 0 Å². The number of Topliss-reactive ketones (excluding diaryl/α,β-unsaturated/α-hetero) is 1. The van der Waals surface area contributed by atoms with Crippen molar-refractivity contribution in [3.8, 4) is 5.88 Å². The summed E-state index contributed by atoms with van der Waals surface area (Å²) in [6.45, 7) is 1.99. The Morgan fingerprint density at radius 3 is 2.82 bits per heavy atom. The summed E-state index contributed by atoms with van der Waals surface area (Å²) in [5.41, 5.74) is 0.355. The van der Waals surface area contributed by atoms with Crippen molar-refractivity contribution in [1.82, 2.24) is 15.3 Å². The quantitative estimate of drug-likeness (QED) is 0.790. The maximum absolute atomic E-state index is 12.1. The van der Waals surface area contributed by atoms with E-state index in [1.807, 2.05) is 0 Å². The van der Waals surface area contributed by atoms with Gasteiger partial charge in [-0.05, 0) is 31.8 Å². The molecular weight excluding hydrogens is 218 g/mol. The molecule has 1 aliphatic rings. The molecule has 0 unspecified atom stereocenters. The zero-order valence-electron chi connectivity index (χ0n) is 9.98. The Labute approximate surface area is 101 Å². The number of aromatic nitrogens is 2. The highest BCUT2D eigenvalue weighted by molar-refractivity contribution is 5.96. The van der Waals surface area contributed by atoms with Gasteiger partial charge in [0.1, 0.15) is 0 Å². The Hall–Kier alpha value is -1.49. The van der Waals surface area contributed by atoms with Crippen molar-refractivity contribution >= 4 is 5.78 Å². The lowest BCUT2D eigenvalue weighted by atomic mass is 9.92. The number of carbonyl (C=O) groups is 1. The van der Waals surface area contributed by atoms with Crippen molar-refractivity contribution in [2.75, 3.05) is 20.2 Å². The third-order valence-corrected chi connectivity index (χ3v) is 3.05. The molecule has 0 amide bonds. The van der Waals surface area contributed by atoms with E-state index in [4.69, 9.17) is 4.74 Å². The average Bonchev–Trinajstić information content (AvgIpc) is 2.40. The topological polar surface area (TPSA) is 64.1 Å². The van der Waals surface area contributed by atoms with E-state index in [0.29, 0.717) is 23.9 Å². The van der Waals surface area contributed by atoms with Crippen molar-refractivity contribution in [1.29, 1.82) is 0 Å². The zero-order valence-corrected chi connectivity index (χ0v) is 9.98. The molecule has 0 aromatic carbocycles. The second kappa shape index (κ2) is 5.72. The molecule has 17 heavy (non-hydrogen) atoms. The van der Waals surface area contributed by atoms with E-state index in [0.717, 1.165) is 25.9 Å². The summed E-state index contributed by atoms with van der Waals surface area (Å²) in [6.07, 6.45) is 5.69. The van der Waals surface area contributed by atoms with Crippen molar-refractivity contribution in [2.45, 2.75) is 19.3 Å². The second-order valence-electron chi connectivity index (χ2n) is 4.23. The molecule has 92 valence electrons. The van der Waals surface area contributed by atoms with Crippen molar-refractivity contribution in [3.63, 3.8) is 0 Å². The SMILES string of the molecule is COc1nccnc1C(=O)CC1CCNCC1. The fourth-order valence-electron chi connectivity index (χ4n) is 2.11. The first kappa shape index (κ1) is 12.0. The molecule has 1 aliphatic heterocycles. The minimum atomic E-state index is 0.0295. The van der Waals surface area contributed by atoms with Crippen LogP contribution >= 0.6 is 0 Å². The van der Waals surface area contributed by atoms with Crippen LogP contribution in [0.5, 0.6) is 5.88 Å². The van der Waals surface area contributed by atoms with Gasteiger partial charge in [-0.3, -0.25) is 4.79 Å². The molecule has 0 radical (unpaired) electrons. The molecule has 1 N–H and O–H groups in total. The Bertz CT molecular complexity index is 389. The number of rotatable bonds is 4. The molecular formula is C12H17N3O2. The van der Waals surface area contributed by atoms with E-state index in [9.17, 15) is 4.79 Å². The van der Waals surface area contributed by atoms with Crippen molar-refractivity contribution in [3.05, 3.63) is 18.1 Å². The molecule has 1 fully saturated rings. The summed E-state index contributed by atoms with van der Waals surface area (Å²) < 4.78 is 5.05. The van der Waals surface area contributed by atoms with E-state index in [2.05, 4.69) is 15.3 Å². The van der Waals surface area contributed by atoms with Gasteiger partial charge in [-0.25, -0.2) is 9.97 Å². The average molecular weight is 235 g/mol. The summed E-state index contributed by atoms with van der Waals surface area (Å²) in [5.74, 6) is 0.809. The van der Waals surface area contributed by atoms with Crippen LogP contribution in [0.3, 0.4) is 0 Å². The van der Waals surface area contributed by atoms with Crippen LogP contribution < -0.4 is 10.1 Å². The van der Waals surface area contributed by atoms with Gasteiger partial charge in [0.05, 0.1) is 7.11 Å². The van der Waals surface area contributed by atoms with Crippen LogP contribution in [0.25, 0.3) is 0 Å². The normalized spacial score (nSPS) is 16.8. The molecule has 0 spiro atoms. The van der Waals surface area contributed by atoms with E-state index < -0.39 is 0 Å². The zero-order chi connectivity index (χ0) is 12.1. The summed E-state index contributed by atoms with van der Waals surface area (Å²) in [6, 6.07) is 0. The molecule has 5 nitrogen and oxygen atoms in total. The summed E-state index contributed by atoms with van der Waals surface area (Å²) in [5, 5.41) is 3.29. The number of methoxy groups -OCH3 is 1. The summed E-state index contributed by atoms with van der Waals surface area (Å²) >= 11 is 0. The minimum absolute atomic E-state index is 0.0295. The predicted octanol–water partition coefficient (Wildman–Crippen LogP) is 1.06. The molecule has 0 saturated carbocycles. The molecule has 0 aliphatic carbocycles. The van der Waals surface area contributed by atoms with Crippen LogP contribution in [-0.4, -0.2) is 36.0 Å². The Balaban J connectivity index is 2.03. The van der Waals surface area contributed by atoms with Gasteiger partial charge in [0.15, 0.2) is 11.5 Å². The molecule has 1 aromatic heterocycles. The summed E-state index contributed by atoms with van der Waals surface area (Å²) in [7, 11) is 1.51. The maximum Gasteiger partial charge on any atom is 0.243 e. The third-order valence-electron chi connectivity index (χ3n) is 3.05. The number of hydrogen-bond donors (Lipinski definition) is 1. The van der Waals surface area contributed by atoms with Crippen LogP contribution in [0, 0.1) is 5.92 Å². The second-order valence-corrected chi connectivity index (χ2v) is 4.23. The van der Waals surface area contributed by atoms with Crippen molar-refractivity contribution in [2.24, 2.45) is 5.92 Å². The minimum Gasteiger partial charge on any atom is -0.479 e. The third kappa shape index (κ3) is 3.00. The highest BCUT2D eigenvalue weighted by Gasteiger charge is 2.21. The maximum atomic E-state index is 12.1. The first-order valence-electron chi connectivity index (χ1n) is 5.90. The largest absolute Gasteiger partial charge is 0.479 e. The van der Waals surface area contributed by atoms with Crippen LogP contribution in [0.2, 0.25) is 0 Å². The van der Waals surface area contributed by atoms with Gasteiger partial charge < -0.3 is 10.1 Å². The Morgan fingerprint density at radius 2 is 2.12 bits per heavy atom. The highest BCUT2D eigenvalue weighted by atomic mass is 16.5. The number of ketones is 1. The summed E-state index contributed by atoms with van der Waals surface area (Å²) in [4.78, 5) is 20.1. The van der Waals surface area contributed by atoms with Gasteiger partial charge in [-0.2, -0.15) is 0 Å². The van der Waals surface area contributed by atoms with Gasteiger partial charge in [0.25, 0.3) is 0 Å². The molecule has 1 saturated heterocycles.